The number of hydrogen-bond acceptors (Lipinski definition) is 4. The van der Waals surface area contributed by atoms with Crippen LogP contribution in [0, 0.1) is 0 Å². The molecule has 2 aromatic heterocycles. The second kappa shape index (κ2) is 5.96. The highest BCUT2D eigenvalue weighted by Gasteiger charge is 2.33. The van der Waals surface area contributed by atoms with E-state index in [0.29, 0.717) is 10.2 Å². The summed E-state index contributed by atoms with van der Waals surface area (Å²) in [5.41, 5.74) is -1.14. The van der Waals surface area contributed by atoms with E-state index in [1.54, 1.807) is 6.07 Å². The van der Waals surface area contributed by atoms with Crippen LogP contribution in [0.25, 0.3) is 0 Å². The third kappa shape index (κ3) is 3.11. The van der Waals surface area contributed by atoms with E-state index in [2.05, 4.69) is 31.9 Å². The largest absolute Gasteiger partial charge is 0.383 e. The van der Waals surface area contributed by atoms with E-state index in [1.807, 2.05) is 23.6 Å². The van der Waals surface area contributed by atoms with Crippen LogP contribution in [-0.4, -0.2) is 16.2 Å². The third-order valence-electron chi connectivity index (χ3n) is 2.50. The van der Waals surface area contributed by atoms with Gasteiger partial charge < -0.3 is 5.11 Å². The van der Waals surface area contributed by atoms with E-state index < -0.39 is 5.60 Å². The van der Waals surface area contributed by atoms with Crippen molar-refractivity contribution in [1.82, 2.24) is 0 Å². The summed E-state index contributed by atoms with van der Waals surface area (Å²) in [7, 11) is 0. The molecule has 0 amide bonds. The zero-order valence-corrected chi connectivity index (χ0v) is 14.0. The Morgan fingerprint density at radius 1 is 1.39 bits per heavy atom. The average Bonchev–Trinajstić information content (AvgIpc) is 2.99. The van der Waals surface area contributed by atoms with Crippen LogP contribution in [0.5, 0.6) is 0 Å². The van der Waals surface area contributed by atoms with Gasteiger partial charge in [0.25, 0.3) is 0 Å². The molecule has 96 valence electrons. The van der Waals surface area contributed by atoms with Gasteiger partial charge in [0.15, 0.2) is 5.78 Å². The first-order valence-electron chi connectivity index (χ1n) is 5.16. The van der Waals surface area contributed by atoms with Gasteiger partial charge in [-0.2, -0.15) is 0 Å². The van der Waals surface area contributed by atoms with Crippen molar-refractivity contribution in [2.45, 2.75) is 12.0 Å². The van der Waals surface area contributed by atoms with E-state index in [1.165, 1.54) is 22.7 Å². The molecule has 6 heteroatoms. The number of halogens is 2. The molecule has 2 nitrogen and oxygen atoms in total. The molecule has 0 spiro atoms. The Hall–Kier alpha value is -0.0100. The molecule has 0 bridgehead atoms. The summed E-state index contributed by atoms with van der Waals surface area (Å²) < 4.78 is 0.945. The molecule has 0 aliphatic rings. The lowest BCUT2D eigenvalue weighted by Gasteiger charge is -2.23. The van der Waals surface area contributed by atoms with Crippen molar-refractivity contribution in [2.24, 2.45) is 0 Å². The third-order valence-corrected chi connectivity index (χ3v) is 6.16. The van der Waals surface area contributed by atoms with E-state index >= 15 is 0 Å². The normalized spacial score (nSPS) is 14.4. The fraction of sp³-hybridized carbons (Fsp3) is 0.250. The van der Waals surface area contributed by atoms with Gasteiger partial charge in [0.1, 0.15) is 5.60 Å². The Bertz CT molecular complexity index is 536. The van der Waals surface area contributed by atoms with Gasteiger partial charge in [0, 0.05) is 16.6 Å². The molecule has 0 saturated carbocycles. The van der Waals surface area contributed by atoms with Gasteiger partial charge in [-0.3, -0.25) is 4.79 Å². The Labute approximate surface area is 130 Å². The highest BCUT2D eigenvalue weighted by molar-refractivity contribution is 9.11. The molecule has 0 radical (unpaired) electrons. The summed E-state index contributed by atoms with van der Waals surface area (Å²) in [5, 5.41) is 12.8. The molecule has 1 atom stereocenters. The molecule has 2 aromatic rings. The van der Waals surface area contributed by atoms with Crippen molar-refractivity contribution in [3.8, 4) is 0 Å². The lowest BCUT2D eigenvalue weighted by atomic mass is 9.97. The molecular formula is C12H10Br2O2S2. The first-order valence-corrected chi connectivity index (χ1v) is 8.77. The minimum absolute atomic E-state index is 0.0310. The van der Waals surface area contributed by atoms with Crippen LogP contribution in [0.3, 0.4) is 0 Å². The van der Waals surface area contributed by atoms with Crippen molar-refractivity contribution in [1.29, 1.82) is 0 Å². The number of carbonyl (C=O) groups is 1. The average molecular weight is 410 g/mol. The van der Waals surface area contributed by atoms with E-state index in [9.17, 15) is 9.90 Å². The number of alkyl halides is 1. The summed E-state index contributed by atoms with van der Waals surface area (Å²) in [6.45, 7) is 0. The van der Waals surface area contributed by atoms with E-state index in [4.69, 9.17) is 0 Å². The van der Waals surface area contributed by atoms with Crippen LogP contribution in [0.15, 0.2) is 33.4 Å². The fourth-order valence-corrected chi connectivity index (χ4v) is 4.38. The predicted octanol–water partition coefficient (Wildman–Crippen LogP) is 4.43. The number of aliphatic hydroxyl groups is 1. The van der Waals surface area contributed by atoms with Crippen molar-refractivity contribution in [3.63, 3.8) is 0 Å². The van der Waals surface area contributed by atoms with Gasteiger partial charge in [-0.1, -0.05) is 22.0 Å². The molecular weight excluding hydrogens is 400 g/mol. The number of hydrogen-bond donors (Lipinski definition) is 1. The monoisotopic (exact) mass is 408 g/mol. The Kier molecular flexibility index (Phi) is 4.77. The van der Waals surface area contributed by atoms with Crippen LogP contribution in [0.4, 0.5) is 0 Å². The maximum atomic E-state index is 12.1. The minimum atomic E-state index is -1.14. The zero-order chi connectivity index (χ0) is 13.2. The molecule has 0 fully saturated rings. The molecule has 0 aromatic carbocycles. The number of Topliss-reactive ketones (excluding diaryl/α,β-unsaturated/α-hetero) is 1. The summed E-state index contributed by atoms with van der Waals surface area (Å²) in [6, 6.07) is 7.35. The van der Waals surface area contributed by atoms with Crippen molar-refractivity contribution < 1.29 is 9.90 Å². The molecule has 2 heterocycles. The maximum absolute atomic E-state index is 12.1. The molecule has 2 rings (SSSR count). The van der Waals surface area contributed by atoms with Crippen LogP contribution in [-0.2, 0) is 5.60 Å². The van der Waals surface area contributed by atoms with Gasteiger partial charge in [-0.15, -0.1) is 22.7 Å². The van der Waals surface area contributed by atoms with Crippen LogP contribution < -0.4 is 0 Å². The molecule has 1 unspecified atom stereocenters. The number of rotatable bonds is 5. The first kappa shape index (κ1) is 14.4. The molecule has 0 aliphatic heterocycles. The topological polar surface area (TPSA) is 37.3 Å². The summed E-state index contributed by atoms with van der Waals surface area (Å²) in [4.78, 5) is 13.6. The van der Waals surface area contributed by atoms with Gasteiger partial charge in [0.2, 0.25) is 0 Å². The first-order chi connectivity index (χ1) is 8.55. The number of thiophene rings is 2. The summed E-state index contributed by atoms with van der Waals surface area (Å²) >= 11 is 9.52. The standard InChI is InChI=1S/C12H10Br2O2S2/c13-7-12(16,10-3-4-11(14)18-10)6-8(15)9-2-1-5-17-9/h1-5,16H,6-7H2. The minimum Gasteiger partial charge on any atom is -0.383 e. The van der Waals surface area contributed by atoms with Gasteiger partial charge in [-0.05, 0) is 39.5 Å². The zero-order valence-electron chi connectivity index (χ0n) is 9.23. The maximum Gasteiger partial charge on any atom is 0.176 e. The van der Waals surface area contributed by atoms with Crippen LogP contribution >= 0.6 is 54.5 Å². The molecule has 18 heavy (non-hydrogen) atoms. The number of carbonyl (C=O) groups excluding carboxylic acids is 1. The fourth-order valence-electron chi connectivity index (χ4n) is 1.55. The van der Waals surface area contributed by atoms with Crippen molar-refractivity contribution in [2.75, 3.05) is 5.33 Å². The van der Waals surface area contributed by atoms with Gasteiger partial charge >= 0.3 is 0 Å². The quantitative estimate of drug-likeness (QED) is 0.585. The Morgan fingerprint density at radius 2 is 2.17 bits per heavy atom. The molecule has 0 saturated heterocycles. The van der Waals surface area contributed by atoms with Crippen molar-refractivity contribution in [3.05, 3.63) is 43.2 Å². The lowest BCUT2D eigenvalue weighted by Crippen LogP contribution is -2.29. The lowest BCUT2D eigenvalue weighted by molar-refractivity contribution is 0.0505. The smallest absolute Gasteiger partial charge is 0.176 e. The second-order valence-corrected chi connectivity index (χ2v) is 7.82. The van der Waals surface area contributed by atoms with E-state index in [-0.39, 0.29) is 12.2 Å². The molecule has 0 aliphatic carbocycles. The SMILES string of the molecule is O=C(CC(O)(CBr)c1ccc(Br)s1)c1cccs1. The predicted molar refractivity (Wildman–Crippen MR) is 83.0 cm³/mol. The van der Waals surface area contributed by atoms with Crippen LogP contribution in [0.2, 0.25) is 0 Å². The Balaban J connectivity index is 2.21. The number of ketones is 1. The van der Waals surface area contributed by atoms with Gasteiger partial charge in [-0.25, -0.2) is 0 Å². The van der Waals surface area contributed by atoms with Crippen molar-refractivity contribution >= 4 is 60.3 Å². The molecule has 1 N–H and O–H groups in total. The summed E-state index contributed by atoms with van der Waals surface area (Å²) in [5.74, 6) is -0.0310. The highest BCUT2D eigenvalue weighted by Crippen LogP contribution is 2.36. The van der Waals surface area contributed by atoms with E-state index in [0.717, 1.165) is 8.66 Å². The summed E-state index contributed by atoms with van der Waals surface area (Å²) in [6.07, 6.45) is 0.0890. The second-order valence-electron chi connectivity index (χ2n) is 3.85. The van der Waals surface area contributed by atoms with Crippen LogP contribution in [0.1, 0.15) is 21.0 Å². The van der Waals surface area contributed by atoms with Gasteiger partial charge in [0.05, 0.1) is 8.66 Å². The Morgan fingerprint density at radius 3 is 2.67 bits per heavy atom. The highest BCUT2D eigenvalue weighted by atomic mass is 79.9.